The predicted molar refractivity (Wildman–Crippen MR) is 66.1 cm³/mol. The van der Waals surface area contributed by atoms with E-state index in [9.17, 15) is 0 Å². The molecule has 0 aliphatic rings. The number of hydrogen-bond acceptors (Lipinski definition) is 2. The smallest absolute Gasteiger partial charge is 0.0984 e. The first-order valence-corrected chi connectivity index (χ1v) is 6.20. The van der Waals surface area contributed by atoms with Crippen LogP contribution >= 0.6 is 27.3 Å². The SMILES string of the molecule is CC(C)C(=N)N(C)Cc1cc(Br)cs1. The van der Waals surface area contributed by atoms with Gasteiger partial charge in [-0.3, -0.25) is 5.41 Å². The van der Waals surface area contributed by atoms with Crippen molar-refractivity contribution in [2.45, 2.75) is 20.4 Å². The second kappa shape index (κ2) is 4.94. The lowest BCUT2D eigenvalue weighted by Crippen LogP contribution is -2.28. The summed E-state index contributed by atoms with van der Waals surface area (Å²) in [5, 5.41) is 9.90. The number of hydrogen-bond donors (Lipinski definition) is 1. The zero-order valence-electron chi connectivity index (χ0n) is 8.67. The van der Waals surface area contributed by atoms with E-state index in [0.29, 0.717) is 11.8 Å². The number of rotatable bonds is 3. The van der Waals surface area contributed by atoms with E-state index in [1.54, 1.807) is 11.3 Å². The van der Waals surface area contributed by atoms with Gasteiger partial charge in [0.05, 0.1) is 12.4 Å². The Bertz CT molecular complexity index is 320. The standard InChI is InChI=1S/C10H15BrN2S/c1-7(2)10(12)13(3)5-9-4-8(11)6-14-9/h4,6-7,12H,5H2,1-3H3. The average molecular weight is 275 g/mol. The average Bonchev–Trinajstić information content (AvgIpc) is 2.49. The molecule has 1 N–H and O–H groups in total. The minimum atomic E-state index is 0.295. The monoisotopic (exact) mass is 274 g/mol. The molecule has 2 nitrogen and oxygen atoms in total. The van der Waals surface area contributed by atoms with Crippen LogP contribution in [-0.2, 0) is 6.54 Å². The van der Waals surface area contributed by atoms with Crippen LogP contribution in [0.4, 0.5) is 0 Å². The molecule has 0 fully saturated rings. The topological polar surface area (TPSA) is 27.1 Å². The Morgan fingerprint density at radius 3 is 2.71 bits per heavy atom. The summed E-state index contributed by atoms with van der Waals surface area (Å²) < 4.78 is 1.13. The molecule has 1 heterocycles. The molecule has 1 aromatic rings. The van der Waals surface area contributed by atoms with E-state index >= 15 is 0 Å². The van der Waals surface area contributed by atoms with Crippen molar-refractivity contribution in [2.24, 2.45) is 5.92 Å². The molecular weight excluding hydrogens is 260 g/mol. The van der Waals surface area contributed by atoms with Crippen LogP contribution in [0.15, 0.2) is 15.9 Å². The van der Waals surface area contributed by atoms with Crippen LogP contribution in [-0.4, -0.2) is 17.8 Å². The molecule has 0 saturated heterocycles. The van der Waals surface area contributed by atoms with Gasteiger partial charge < -0.3 is 4.90 Å². The first-order valence-electron chi connectivity index (χ1n) is 4.53. The fourth-order valence-electron chi connectivity index (χ4n) is 1.20. The third-order valence-electron chi connectivity index (χ3n) is 1.97. The summed E-state index contributed by atoms with van der Waals surface area (Å²) >= 11 is 5.15. The molecule has 0 bridgehead atoms. The highest BCUT2D eigenvalue weighted by Crippen LogP contribution is 2.21. The highest BCUT2D eigenvalue weighted by molar-refractivity contribution is 9.10. The van der Waals surface area contributed by atoms with E-state index < -0.39 is 0 Å². The molecule has 0 radical (unpaired) electrons. The molecule has 78 valence electrons. The summed E-state index contributed by atoms with van der Waals surface area (Å²) in [7, 11) is 1.97. The summed E-state index contributed by atoms with van der Waals surface area (Å²) in [6.45, 7) is 4.92. The van der Waals surface area contributed by atoms with Crippen LogP contribution in [0.25, 0.3) is 0 Å². The second-order valence-corrected chi connectivity index (χ2v) is 5.54. The van der Waals surface area contributed by atoms with E-state index in [2.05, 4.69) is 27.4 Å². The lowest BCUT2D eigenvalue weighted by Gasteiger charge is -2.21. The molecular formula is C10H15BrN2S. The van der Waals surface area contributed by atoms with Gasteiger partial charge in [-0.25, -0.2) is 0 Å². The second-order valence-electron chi connectivity index (χ2n) is 3.63. The maximum absolute atomic E-state index is 7.82. The van der Waals surface area contributed by atoms with Gasteiger partial charge in [-0.1, -0.05) is 13.8 Å². The summed E-state index contributed by atoms with van der Waals surface area (Å²) in [5.41, 5.74) is 0. The van der Waals surface area contributed by atoms with Crippen LogP contribution in [0.2, 0.25) is 0 Å². The summed E-state index contributed by atoms with van der Waals surface area (Å²) in [5.74, 6) is 0.984. The molecule has 1 aromatic heterocycles. The Balaban J connectivity index is 2.57. The molecule has 1 rings (SSSR count). The van der Waals surface area contributed by atoms with Gasteiger partial charge in [-0.05, 0) is 22.0 Å². The third-order valence-corrected chi connectivity index (χ3v) is 3.66. The fourth-order valence-corrected chi connectivity index (χ4v) is 2.70. The molecule has 0 aliphatic carbocycles. The molecule has 0 unspecified atom stereocenters. The first kappa shape index (κ1) is 11.7. The Hall–Kier alpha value is -0.350. The van der Waals surface area contributed by atoms with Gasteiger partial charge in [0.25, 0.3) is 0 Å². The van der Waals surface area contributed by atoms with Crippen molar-refractivity contribution >= 4 is 33.1 Å². The van der Waals surface area contributed by atoms with Gasteiger partial charge in [0, 0.05) is 27.7 Å². The number of amidine groups is 1. The summed E-state index contributed by atoms with van der Waals surface area (Å²) in [6, 6.07) is 2.11. The van der Waals surface area contributed by atoms with Gasteiger partial charge in [-0.2, -0.15) is 0 Å². The van der Waals surface area contributed by atoms with E-state index in [1.165, 1.54) is 4.88 Å². The Morgan fingerprint density at radius 1 is 1.64 bits per heavy atom. The highest BCUT2D eigenvalue weighted by Gasteiger charge is 2.09. The third kappa shape index (κ3) is 3.10. The minimum absolute atomic E-state index is 0.295. The number of nitrogens with zero attached hydrogens (tertiary/aromatic N) is 1. The first-order chi connectivity index (χ1) is 6.50. The van der Waals surface area contributed by atoms with Crippen LogP contribution in [0.1, 0.15) is 18.7 Å². The fraction of sp³-hybridized carbons (Fsp3) is 0.500. The van der Waals surface area contributed by atoms with Gasteiger partial charge in [-0.15, -0.1) is 11.3 Å². The minimum Gasteiger partial charge on any atom is -0.358 e. The van der Waals surface area contributed by atoms with Gasteiger partial charge in [0.2, 0.25) is 0 Å². The molecule has 0 aliphatic heterocycles. The van der Waals surface area contributed by atoms with E-state index in [4.69, 9.17) is 5.41 Å². The molecule has 14 heavy (non-hydrogen) atoms. The quantitative estimate of drug-likeness (QED) is 0.662. The molecule has 0 amide bonds. The van der Waals surface area contributed by atoms with Gasteiger partial charge in [0.1, 0.15) is 0 Å². The van der Waals surface area contributed by atoms with Crippen LogP contribution < -0.4 is 0 Å². The molecule has 0 saturated carbocycles. The summed E-state index contributed by atoms with van der Waals surface area (Å²) in [6.07, 6.45) is 0. The van der Waals surface area contributed by atoms with Crippen molar-refractivity contribution in [1.82, 2.24) is 4.90 Å². The van der Waals surface area contributed by atoms with Crippen molar-refractivity contribution in [3.05, 3.63) is 20.8 Å². The maximum atomic E-state index is 7.82. The van der Waals surface area contributed by atoms with Crippen LogP contribution in [0.3, 0.4) is 0 Å². The van der Waals surface area contributed by atoms with Crippen molar-refractivity contribution < 1.29 is 0 Å². The number of halogens is 1. The Morgan fingerprint density at radius 2 is 2.29 bits per heavy atom. The molecule has 0 spiro atoms. The van der Waals surface area contributed by atoms with Crippen molar-refractivity contribution in [2.75, 3.05) is 7.05 Å². The number of thiophene rings is 1. The van der Waals surface area contributed by atoms with Gasteiger partial charge in [0.15, 0.2) is 0 Å². The van der Waals surface area contributed by atoms with Crippen molar-refractivity contribution in [3.8, 4) is 0 Å². The predicted octanol–water partition coefficient (Wildman–Crippen LogP) is 3.58. The molecule has 0 atom stereocenters. The van der Waals surface area contributed by atoms with Crippen LogP contribution in [0, 0.1) is 11.3 Å². The zero-order valence-corrected chi connectivity index (χ0v) is 11.1. The normalized spacial score (nSPS) is 10.6. The lowest BCUT2D eigenvalue weighted by atomic mass is 10.2. The largest absolute Gasteiger partial charge is 0.358 e. The van der Waals surface area contributed by atoms with Crippen LogP contribution in [0.5, 0.6) is 0 Å². The maximum Gasteiger partial charge on any atom is 0.0984 e. The molecule has 4 heteroatoms. The molecule has 0 aromatic carbocycles. The van der Waals surface area contributed by atoms with Crippen molar-refractivity contribution in [1.29, 1.82) is 5.41 Å². The Labute approximate surface area is 97.6 Å². The van der Waals surface area contributed by atoms with E-state index in [-0.39, 0.29) is 0 Å². The zero-order chi connectivity index (χ0) is 10.7. The lowest BCUT2D eigenvalue weighted by molar-refractivity contribution is 0.473. The van der Waals surface area contributed by atoms with Gasteiger partial charge >= 0.3 is 0 Å². The van der Waals surface area contributed by atoms with Crippen molar-refractivity contribution in [3.63, 3.8) is 0 Å². The number of nitrogens with one attached hydrogen (secondary N) is 1. The van der Waals surface area contributed by atoms with E-state index in [0.717, 1.165) is 11.0 Å². The van der Waals surface area contributed by atoms with E-state index in [1.807, 2.05) is 25.8 Å². The Kier molecular flexibility index (Phi) is 4.13. The summed E-state index contributed by atoms with van der Waals surface area (Å²) in [4.78, 5) is 3.27. The highest BCUT2D eigenvalue weighted by atomic mass is 79.9.